The van der Waals surface area contributed by atoms with Crippen LogP contribution in [0.3, 0.4) is 0 Å². The molecule has 244 valence electrons. The van der Waals surface area contributed by atoms with E-state index in [4.69, 9.17) is 23.7 Å². The van der Waals surface area contributed by atoms with E-state index < -0.39 is 86.3 Å². The van der Waals surface area contributed by atoms with E-state index >= 15 is 0 Å². The fraction of sp³-hybridized carbons (Fsp3) is 0.966. The molecule has 2 aliphatic heterocycles. The number of nitrogens with zero attached hydrogens (tertiary/aromatic N) is 1. The molecular weight excluding hydrogens is 554 g/mol. The van der Waals surface area contributed by atoms with Crippen molar-refractivity contribution in [1.29, 1.82) is 0 Å². The Labute approximate surface area is 247 Å². The Balaban J connectivity index is 1.46. The summed E-state index contributed by atoms with van der Waals surface area (Å²) in [6.45, 7) is 1.01. The van der Waals surface area contributed by atoms with Crippen LogP contribution in [-0.4, -0.2) is 142 Å². The zero-order valence-corrected chi connectivity index (χ0v) is 24.9. The van der Waals surface area contributed by atoms with E-state index in [2.05, 4.69) is 0 Å². The van der Waals surface area contributed by atoms with E-state index in [0.717, 1.165) is 44.9 Å². The number of likely N-dealkylation sites (N-methyl/N-ethyl adjacent to an activating group) is 1. The van der Waals surface area contributed by atoms with Crippen LogP contribution >= 0.6 is 0 Å². The first-order valence-corrected chi connectivity index (χ1v) is 15.5. The maximum atomic E-state index is 13.1. The minimum absolute atomic E-state index is 0.266. The van der Waals surface area contributed by atoms with Crippen molar-refractivity contribution < 1.29 is 59.1 Å². The molecule has 0 aromatic heterocycles. The van der Waals surface area contributed by atoms with Gasteiger partial charge in [-0.05, 0) is 32.1 Å². The van der Waals surface area contributed by atoms with Crippen LogP contribution < -0.4 is 0 Å². The van der Waals surface area contributed by atoms with Gasteiger partial charge in [0.1, 0.15) is 48.8 Å². The fourth-order valence-electron chi connectivity index (χ4n) is 6.59. The maximum absolute atomic E-state index is 13.1. The lowest BCUT2D eigenvalue weighted by Gasteiger charge is -2.46. The Morgan fingerprint density at radius 1 is 0.786 bits per heavy atom. The van der Waals surface area contributed by atoms with Crippen LogP contribution in [0.15, 0.2) is 0 Å². The second kappa shape index (κ2) is 15.3. The molecule has 4 aliphatic rings. The smallest absolute Gasteiger partial charge is 0.251 e. The van der Waals surface area contributed by atoms with Crippen molar-refractivity contribution in [2.24, 2.45) is 5.92 Å². The zero-order chi connectivity index (χ0) is 30.6. The molecule has 2 saturated carbocycles. The normalized spacial score (nSPS) is 42.7. The van der Waals surface area contributed by atoms with E-state index in [1.54, 1.807) is 21.0 Å². The van der Waals surface area contributed by atoms with Gasteiger partial charge in [0.25, 0.3) is 5.91 Å². The SMILES string of the molecule is C[C@@H]1O[C@@H](O[C@@H]2CCCC[C@H]2O[C@@H]2O[C@H](CO)[C@H](O)[C@H](O[C@@H](CC3CCCCC3)C(=O)N(C)C)[C@H]2O)[C@@H](O)[C@H](O)[C@@H]1O. The monoisotopic (exact) mass is 605 g/mol. The van der Waals surface area contributed by atoms with Crippen molar-refractivity contribution in [2.45, 2.75) is 151 Å². The van der Waals surface area contributed by atoms with Gasteiger partial charge in [0.15, 0.2) is 12.6 Å². The summed E-state index contributed by atoms with van der Waals surface area (Å²) in [4.78, 5) is 14.6. The molecule has 0 unspecified atom stereocenters. The molecule has 2 aliphatic carbocycles. The van der Waals surface area contributed by atoms with Gasteiger partial charge in [-0.1, -0.05) is 44.9 Å². The summed E-state index contributed by atoms with van der Waals surface area (Å²) in [7, 11) is 3.27. The van der Waals surface area contributed by atoms with Crippen molar-refractivity contribution in [3.8, 4) is 0 Å². The van der Waals surface area contributed by atoms with Gasteiger partial charge < -0.3 is 59.2 Å². The molecule has 2 heterocycles. The second-order valence-electron chi connectivity index (χ2n) is 12.6. The molecule has 2 saturated heterocycles. The van der Waals surface area contributed by atoms with Crippen LogP contribution in [0, 0.1) is 5.92 Å². The van der Waals surface area contributed by atoms with E-state index in [1.165, 1.54) is 4.90 Å². The highest BCUT2D eigenvalue weighted by atomic mass is 16.7. The first-order valence-electron chi connectivity index (χ1n) is 15.5. The topological polar surface area (TPSA) is 188 Å². The van der Waals surface area contributed by atoms with Gasteiger partial charge in [-0.2, -0.15) is 0 Å². The molecule has 4 fully saturated rings. The summed E-state index contributed by atoms with van der Waals surface area (Å²) in [5.41, 5.74) is 0. The Hall–Kier alpha value is -0.970. The highest BCUT2D eigenvalue weighted by molar-refractivity contribution is 5.80. The number of hydrogen-bond donors (Lipinski definition) is 6. The quantitative estimate of drug-likeness (QED) is 0.186. The van der Waals surface area contributed by atoms with Gasteiger partial charge in [0.05, 0.1) is 24.9 Å². The minimum atomic E-state index is -1.48. The minimum Gasteiger partial charge on any atom is -0.394 e. The highest BCUT2D eigenvalue weighted by Crippen LogP contribution is 2.34. The number of carbonyl (C=O) groups is 1. The summed E-state index contributed by atoms with van der Waals surface area (Å²) in [6, 6.07) is 0. The molecule has 0 radical (unpaired) electrons. The van der Waals surface area contributed by atoms with Crippen molar-refractivity contribution in [3.05, 3.63) is 0 Å². The van der Waals surface area contributed by atoms with E-state index in [1.807, 2.05) is 0 Å². The molecule has 0 aromatic carbocycles. The van der Waals surface area contributed by atoms with Crippen LogP contribution in [0.25, 0.3) is 0 Å². The van der Waals surface area contributed by atoms with Crippen LogP contribution in [-0.2, 0) is 28.5 Å². The first-order chi connectivity index (χ1) is 20.0. The summed E-state index contributed by atoms with van der Waals surface area (Å²) >= 11 is 0. The lowest BCUT2D eigenvalue weighted by Crippen LogP contribution is -2.62. The number of aliphatic hydroxyl groups excluding tert-OH is 6. The number of hydrogen-bond acceptors (Lipinski definition) is 12. The molecule has 1 amide bonds. The third-order valence-electron chi connectivity index (χ3n) is 9.20. The molecule has 4 rings (SSSR count). The predicted molar refractivity (Wildman–Crippen MR) is 147 cm³/mol. The third-order valence-corrected chi connectivity index (χ3v) is 9.20. The van der Waals surface area contributed by atoms with E-state index in [-0.39, 0.29) is 5.91 Å². The molecule has 6 N–H and O–H groups in total. The lowest BCUT2D eigenvalue weighted by molar-refractivity contribution is -0.345. The van der Waals surface area contributed by atoms with Crippen molar-refractivity contribution in [3.63, 3.8) is 0 Å². The van der Waals surface area contributed by atoms with Gasteiger partial charge >= 0.3 is 0 Å². The summed E-state index contributed by atoms with van der Waals surface area (Å²) < 4.78 is 29.9. The largest absolute Gasteiger partial charge is 0.394 e. The van der Waals surface area contributed by atoms with Gasteiger partial charge in [-0.25, -0.2) is 0 Å². The Morgan fingerprint density at radius 3 is 1.93 bits per heavy atom. The van der Waals surface area contributed by atoms with Crippen molar-refractivity contribution in [2.75, 3.05) is 20.7 Å². The Bertz CT molecular complexity index is 843. The molecule has 13 atom stereocenters. The van der Waals surface area contributed by atoms with Crippen LogP contribution in [0.2, 0.25) is 0 Å². The van der Waals surface area contributed by atoms with Crippen LogP contribution in [0.5, 0.6) is 0 Å². The maximum Gasteiger partial charge on any atom is 0.251 e. The van der Waals surface area contributed by atoms with Crippen LogP contribution in [0.1, 0.15) is 71.1 Å². The van der Waals surface area contributed by atoms with Crippen molar-refractivity contribution in [1.82, 2.24) is 4.90 Å². The molecule has 13 heteroatoms. The fourth-order valence-corrected chi connectivity index (χ4v) is 6.59. The zero-order valence-electron chi connectivity index (χ0n) is 24.9. The molecule has 0 spiro atoms. The average molecular weight is 606 g/mol. The molecular formula is C29H51NO12. The van der Waals surface area contributed by atoms with Gasteiger partial charge in [-0.15, -0.1) is 0 Å². The summed E-state index contributed by atoms with van der Waals surface area (Å²) in [5.74, 6) is 0.0279. The molecule has 0 aromatic rings. The summed E-state index contributed by atoms with van der Waals surface area (Å²) in [5, 5.41) is 63.0. The number of amides is 1. The van der Waals surface area contributed by atoms with E-state index in [0.29, 0.717) is 25.2 Å². The summed E-state index contributed by atoms with van der Waals surface area (Å²) in [6.07, 6.45) is -6.40. The highest BCUT2D eigenvalue weighted by Gasteiger charge is 2.50. The second-order valence-corrected chi connectivity index (χ2v) is 12.6. The standard InChI is InChI=1S/C29H51NO12/c1-15-21(32)23(34)24(35)28(38-15)40-17-11-7-8-12-18(17)41-29-25(36)26(22(33)20(14-31)42-29)39-19(27(37)30(2)3)13-16-9-5-4-6-10-16/h15-26,28-29,31-36H,4-14H2,1-3H3/t15-,17+,18+,19-,20+,21+,22-,23+,24-,25+,26-,28-,29+/m0/s1. The molecule has 0 bridgehead atoms. The number of carbonyl (C=O) groups excluding carboxylic acids is 1. The number of rotatable bonds is 10. The Morgan fingerprint density at radius 2 is 1.36 bits per heavy atom. The van der Waals surface area contributed by atoms with Gasteiger partial charge in [0.2, 0.25) is 0 Å². The lowest BCUT2D eigenvalue weighted by atomic mass is 9.85. The molecule has 13 nitrogen and oxygen atoms in total. The number of aliphatic hydroxyl groups is 6. The molecule has 42 heavy (non-hydrogen) atoms. The Kier molecular flexibility index (Phi) is 12.4. The predicted octanol–water partition coefficient (Wildman–Crippen LogP) is -0.590. The number of ether oxygens (including phenoxy) is 5. The van der Waals surface area contributed by atoms with Crippen LogP contribution in [0.4, 0.5) is 0 Å². The van der Waals surface area contributed by atoms with Gasteiger partial charge in [-0.3, -0.25) is 4.79 Å². The average Bonchev–Trinajstić information content (AvgIpc) is 2.98. The van der Waals surface area contributed by atoms with Crippen molar-refractivity contribution >= 4 is 5.91 Å². The van der Waals surface area contributed by atoms with Gasteiger partial charge in [0, 0.05) is 14.1 Å². The first kappa shape index (κ1) is 33.9. The third kappa shape index (κ3) is 7.99. The van der Waals surface area contributed by atoms with E-state index in [9.17, 15) is 35.4 Å².